The quantitative estimate of drug-likeness (QED) is 0.570. The van der Waals surface area contributed by atoms with Crippen molar-refractivity contribution < 1.29 is 9.90 Å². The summed E-state index contributed by atoms with van der Waals surface area (Å²) in [6.45, 7) is 6.81. The van der Waals surface area contributed by atoms with Crippen LogP contribution >= 0.6 is 0 Å². The molecule has 0 aliphatic carbocycles. The van der Waals surface area contributed by atoms with E-state index in [1.165, 1.54) is 51.4 Å². The highest BCUT2D eigenvalue weighted by atomic mass is 16.4. The highest BCUT2D eigenvalue weighted by Crippen LogP contribution is 2.34. The van der Waals surface area contributed by atoms with Crippen LogP contribution in [0.25, 0.3) is 0 Å². The van der Waals surface area contributed by atoms with Gasteiger partial charge in [0.15, 0.2) is 0 Å². The lowest BCUT2D eigenvalue weighted by Gasteiger charge is -2.30. The molecule has 0 aliphatic rings. The third-order valence-electron chi connectivity index (χ3n) is 4.46. The van der Waals surface area contributed by atoms with Gasteiger partial charge in [-0.25, -0.2) is 4.98 Å². The molecule has 22 heavy (non-hydrogen) atoms. The van der Waals surface area contributed by atoms with Gasteiger partial charge in [-0.1, -0.05) is 59.3 Å². The first-order valence-corrected chi connectivity index (χ1v) is 8.72. The minimum atomic E-state index is -0.807. The van der Waals surface area contributed by atoms with Crippen LogP contribution < -0.4 is 0 Å². The van der Waals surface area contributed by atoms with E-state index in [4.69, 9.17) is 5.11 Å². The van der Waals surface area contributed by atoms with Crippen LogP contribution in [-0.2, 0) is 17.8 Å². The number of carboxylic acids is 1. The zero-order chi connectivity index (χ0) is 16.4. The highest BCUT2D eigenvalue weighted by molar-refractivity contribution is 5.66. The van der Waals surface area contributed by atoms with Crippen molar-refractivity contribution in [3.05, 3.63) is 18.2 Å². The summed E-state index contributed by atoms with van der Waals surface area (Å²) in [7, 11) is 0. The molecule has 126 valence electrons. The van der Waals surface area contributed by atoms with Crippen LogP contribution in [0.15, 0.2) is 12.4 Å². The Morgan fingerprint density at radius 3 is 2.27 bits per heavy atom. The second-order valence-corrected chi connectivity index (χ2v) is 6.77. The number of carboxylic acid groups (broad SMARTS) is 1. The standard InChI is InChI=1S/C18H32N2O2/c1-4-6-8-10-18(3,11-9-7-5-2)14-16-19-12-13-20(16)15-17(21)22/h12-13H,4-11,14-15H2,1-3H3,(H,21,22). The molecule has 1 aromatic rings. The number of aliphatic carboxylic acids is 1. The maximum Gasteiger partial charge on any atom is 0.323 e. The van der Waals surface area contributed by atoms with E-state index in [0.717, 1.165) is 12.2 Å². The topological polar surface area (TPSA) is 55.1 Å². The fraction of sp³-hybridized carbons (Fsp3) is 0.778. The fourth-order valence-corrected chi connectivity index (χ4v) is 3.08. The summed E-state index contributed by atoms with van der Waals surface area (Å²) in [5.74, 6) is 0.107. The van der Waals surface area contributed by atoms with E-state index >= 15 is 0 Å². The summed E-state index contributed by atoms with van der Waals surface area (Å²) in [4.78, 5) is 15.4. The number of nitrogens with zero attached hydrogens (tertiary/aromatic N) is 2. The average Bonchev–Trinajstić information content (AvgIpc) is 2.85. The molecular formula is C18H32N2O2. The summed E-state index contributed by atoms with van der Waals surface area (Å²) < 4.78 is 1.78. The van der Waals surface area contributed by atoms with Gasteiger partial charge in [0, 0.05) is 18.8 Å². The molecule has 1 aromatic heterocycles. The molecule has 0 aromatic carbocycles. The largest absolute Gasteiger partial charge is 0.480 e. The van der Waals surface area contributed by atoms with Gasteiger partial charge < -0.3 is 9.67 Å². The summed E-state index contributed by atoms with van der Waals surface area (Å²) in [5, 5.41) is 9.01. The van der Waals surface area contributed by atoms with Crippen LogP contribution in [0.3, 0.4) is 0 Å². The number of hydrogen-bond donors (Lipinski definition) is 1. The van der Waals surface area contributed by atoms with Crippen LogP contribution in [0.2, 0.25) is 0 Å². The smallest absolute Gasteiger partial charge is 0.323 e. The third kappa shape index (κ3) is 6.63. The van der Waals surface area contributed by atoms with Gasteiger partial charge in [0.1, 0.15) is 12.4 Å². The number of hydrogen-bond acceptors (Lipinski definition) is 2. The maximum atomic E-state index is 11.0. The van der Waals surface area contributed by atoms with E-state index in [-0.39, 0.29) is 12.0 Å². The van der Waals surface area contributed by atoms with Crippen LogP contribution in [-0.4, -0.2) is 20.6 Å². The molecular weight excluding hydrogens is 276 g/mol. The van der Waals surface area contributed by atoms with E-state index in [2.05, 4.69) is 25.8 Å². The van der Waals surface area contributed by atoms with Gasteiger partial charge >= 0.3 is 5.97 Å². The van der Waals surface area contributed by atoms with E-state index in [1.54, 1.807) is 17.0 Å². The van der Waals surface area contributed by atoms with Crippen LogP contribution in [0.1, 0.15) is 78.0 Å². The highest BCUT2D eigenvalue weighted by Gasteiger charge is 2.26. The molecule has 0 unspecified atom stereocenters. The molecule has 0 spiro atoms. The molecule has 0 fully saturated rings. The molecule has 0 saturated carbocycles. The Bertz CT molecular complexity index is 430. The number of carbonyl (C=O) groups is 1. The Morgan fingerprint density at radius 1 is 1.18 bits per heavy atom. The van der Waals surface area contributed by atoms with Gasteiger partial charge in [-0.2, -0.15) is 0 Å². The normalized spacial score (nSPS) is 11.8. The Labute approximate surface area is 135 Å². The van der Waals surface area contributed by atoms with E-state index in [0.29, 0.717) is 0 Å². The minimum Gasteiger partial charge on any atom is -0.480 e. The zero-order valence-corrected chi connectivity index (χ0v) is 14.5. The van der Waals surface area contributed by atoms with Crippen molar-refractivity contribution in [1.82, 2.24) is 9.55 Å². The van der Waals surface area contributed by atoms with Crippen LogP contribution in [0.5, 0.6) is 0 Å². The van der Waals surface area contributed by atoms with Crippen molar-refractivity contribution in [2.75, 3.05) is 0 Å². The van der Waals surface area contributed by atoms with Gasteiger partial charge in [-0.3, -0.25) is 4.79 Å². The molecule has 0 amide bonds. The first kappa shape index (κ1) is 18.7. The SMILES string of the molecule is CCCCCC(C)(CCCCC)Cc1nccn1CC(=O)O. The Morgan fingerprint density at radius 2 is 1.77 bits per heavy atom. The lowest BCUT2D eigenvalue weighted by molar-refractivity contribution is -0.137. The van der Waals surface area contributed by atoms with E-state index in [9.17, 15) is 4.79 Å². The van der Waals surface area contributed by atoms with Crippen molar-refractivity contribution in [2.24, 2.45) is 5.41 Å². The average molecular weight is 308 g/mol. The molecule has 0 radical (unpaired) electrons. The Balaban J connectivity index is 2.73. The van der Waals surface area contributed by atoms with Crippen LogP contribution in [0, 0.1) is 5.41 Å². The van der Waals surface area contributed by atoms with Gasteiger partial charge in [0.05, 0.1) is 0 Å². The van der Waals surface area contributed by atoms with Crippen molar-refractivity contribution in [1.29, 1.82) is 0 Å². The predicted octanol–water partition coefficient (Wildman–Crippen LogP) is 4.68. The molecule has 0 atom stereocenters. The van der Waals surface area contributed by atoms with Crippen molar-refractivity contribution in [2.45, 2.75) is 85.1 Å². The second kappa shape index (κ2) is 9.65. The van der Waals surface area contributed by atoms with Gasteiger partial charge in [-0.05, 0) is 18.3 Å². The first-order chi connectivity index (χ1) is 10.5. The van der Waals surface area contributed by atoms with Crippen molar-refractivity contribution in [3.8, 4) is 0 Å². The molecule has 0 bridgehead atoms. The van der Waals surface area contributed by atoms with Gasteiger partial charge in [-0.15, -0.1) is 0 Å². The first-order valence-electron chi connectivity index (χ1n) is 8.72. The van der Waals surface area contributed by atoms with Crippen molar-refractivity contribution >= 4 is 5.97 Å². The molecule has 4 heteroatoms. The Kier molecular flexibility index (Phi) is 8.21. The molecule has 1 rings (SSSR count). The van der Waals surface area contributed by atoms with Crippen LogP contribution in [0.4, 0.5) is 0 Å². The number of imidazole rings is 1. The lowest BCUT2D eigenvalue weighted by Crippen LogP contribution is -2.23. The number of unbranched alkanes of at least 4 members (excludes halogenated alkanes) is 4. The number of aromatic nitrogens is 2. The maximum absolute atomic E-state index is 11.0. The second-order valence-electron chi connectivity index (χ2n) is 6.77. The molecule has 4 nitrogen and oxygen atoms in total. The molecule has 0 saturated heterocycles. The lowest BCUT2D eigenvalue weighted by atomic mass is 9.77. The van der Waals surface area contributed by atoms with E-state index in [1.807, 2.05) is 0 Å². The van der Waals surface area contributed by atoms with Crippen molar-refractivity contribution in [3.63, 3.8) is 0 Å². The van der Waals surface area contributed by atoms with Gasteiger partial charge in [0.2, 0.25) is 0 Å². The van der Waals surface area contributed by atoms with E-state index < -0.39 is 5.97 Å². The summed E-state index contributed by atoms with van der Waals surface area (Å²) >= 11 is 0. The number of rotatable bonds is 12. The monoisotopic (exact) mass is 308 g/mol. The summed E-state index contributed by atoms with van der Waals surface area (Å²) in [5.41, 5.74) is 0.228. The fourth-order valence-electron chi connectivity index (χ4n) is 3.08. The molecule has 1 heterocycles. The molecule has 0 aliphatic heterocycles. The zero-order valence-electron chi connectivity index (χ0n) is 14.5. The molecule has 1 N–H and O–H groups in total. The third-order valence-corrected chi connectivity index (χ3v) is 4.46. The van der Waals surface area contributed by atoms with Gasteiger partial charge in [0.25, 0.3) is 0 Å². The minimum absolute atomic E-state index is 0.00926. The summed E-state index contributed by atoms with van der Waals surface area (Å²) in [6, 6.07) is 0. The summed E-state index contributed by atoms with van der Waals surface area (Å²) in [6.07, 6.45) is 14.3. The predicted molar refractivity (Wildman–Crippen MR) is 90.0 cm³/mol. The Hall–Kier alpha value is -1.32.